The van der Waals surface area contributed by atoms with Gasteiger partial charge in [0.1, 0.15) is 11.9 Å². The van der Waals surface area contributed by atoms with Gasteiger partial charge in [0.05, 0.1) is 12.0 Å². The molecule has 9 nitrogen and oxygen atoms in total. The molecule has 0 aliphatic heterocycles. The zero-order valence-corrected chi connectivity index (χ0v) is 24.0. The topological polar surface area (TPSA) is 130 Å². The van der Waals surface area contributed by atoms with E-state index in [1.54, 1.807) is 37.4 Å². The van der Waals surface area contributed by atoms with Crippen LogP contribution in [0, 0.1) is 6.92 Å². The fraction of sp³-hybridized carbons (Fsp3) is 0.290. The number of carbonyl (C=O) groups excluding carboxylic acids is 2. The molecule has 10 heteroatoms. The van der Waals surface area contributed by atoms with Gasteiger partial charge in [0.15, 0.2) is 5.54 Å². The van der Waals surface area contributed by atoms with Crippen LogP contribution in [0.15, 0.2) is 77.8 Å². The normalized spacial score (nSPS) is 15.4. The van der Waals surface area contributed by atoms with Crippen LogP contribution in [0.2, 0.25) is 0 Å². The maximum Gasteiger partial charge on any atom is 0.335 e. The van der Waals surface area contributed by atoms with Crippen molar-refractivity contribution in [2.75, 3.05) is 7.11 Å². The Morgan fingerprint density at radius 2 is 1.71 bits per heavy atom. The minimum atomic E-state index is -4.18. The molecule has 1 unspecified atom stereocenters. The van der Waals surface area contributed by atoms with E-state index in [-0.39, 0.29) is 27.9 Å². The van der Waals surface area contributed by atoms with Crippen LogP contribution in [-0.2, 0) is 32.1 Å². The van der Waals surface area contributed by atoms with Gasteiger partial charge in [-0.1, -0.05) is 36.4 Å². The first kappa shape index (κ1) is 28.4. The van der Waals surface area contributed by atoms with Gasteiger partial charge < -0.3 is 19.8 Å². The molecule has 1 aliphatic rings. The first-order valence-electron chi connectivity index (χ1n) is 13.4. The Hall–Kier alpha value is -4.15. The van der Waals surface area contributed by atoms with Gasteiger partial charge in [0.25, 0.3) is 15.9 Å². The van der Waals surface area contributed by atoms with E-state index >= 15 is 0 Å². The quantitative estimate of drug-likeness (QED) is 0.300. The fourth-order valence-corrected chi connectivity index (χ4v) is 6.68. The van der Waals surface area contributed by atoms with Crippen LogP contribution in [0.25, 0.3) is 10.9 Å². The predicted octanol–water partition coefficient (Wildman–Crippen LogP) is 4.30. The van der Waals surface area contributed by atoms with E-state index in [4.69, 9.17) is 15.2 Å². The van der Waals surface area contributed by atoms with Gasteiger partial charge >= 0.3 is 5.97 Å². The number of nitrogens with one attached hydrogen (secondary N) is 1. The molecule has 3 aromatic carbocycles. The molecule has 214 valence electrons. The number of ether oxygens (including phenoxy) is 2. The van der Waals surface area contributed by atoms with Gasteiger partial charge in [-0.15, -0.1) is 0 Å². The number of hydrogen-bond acceptors (Lipinski definition) is 7. The third-order valence-electron chi connectivity index (χ3n) is 7.69. The van der Waals surface area contributed by atoms with Crippen molar-refractivity contribution in [1.29, 1.82) is 0 Å². The molecule has 1 atom stereocenters. The summed E-state index contributed by atoms with van der Waals surface area (Å²) in [5.74, 6) is -1.32. The van der Waals surface area contributed by atoms with Gasteiger partial charge in [-0.05, 0) is 74.1 Å². The van der Waals surface area contributed by atoms with Crippen LogP contribution in [0.1, 0.15) is 52.7 Å². The summed E-state index contributed by atoms with van der Waals surface area (Å²) < 4.78 is 41.6. The highest BCUT2D eigenvalue weighted by Gasteiger charge is 2.44. The van der Waals surface area contributed by atoms with E-state index in [1.165, 1.54) is 25.3 Å². The number of esters is 1. The molecule has 0 saturated heterocycles. The Kier molecular flexibility index (Phi) is 7.63. The number of fused-ring (bicyclic) bond motifs is 1. The Morgan fingerprint density at radius 3 is 2.41 bits per heavy atom. The van der Waals surface area contributed by atoms with Crippen molar-refractivity contribution >= 4 is 32.8 Å². The Bertz CT molecular complexity index is 1740. The van der Waals surface area contributed by atoms with Crippen LogP contribution in [0.4, 0.5) is 0 Å². The van der Waals surface area contributed by atoms with Crippen molar-refractivity contribution in [3.8, 4) is 5.75 Å². The highest BCUT2D eigenvalue weighted by atomic mass is 32.2. The number of amides is 1. The van der Waals surface area contributed by atoms with Crippen LogP contribution in [-0.4, -0.2) is 38.1 Å². The zero-order chi connectivity index (χ0) is 29.4. The van der Waals surface area contributed by atoms with Gasteiger partial charge in [-0.25, -0.2) is 17.9 Å². The lowest BCUT2D eigenvalue weighted by atomic mass is 9.82. The molecule has 4 aromatic rings. The lowest BCUT2D eigenvalue weighted by Gasteiger charge is -2.30. The Morgan fingerprint density at radius 1 is 1.02 bits per heavy atom. The summed E-state index contributed by atoms with van der Waals surface area (Å²) in [4.78, 5) is 27.4. The summed E-state index contributed by atoms with van der Waals surface area (Å²) in [7, 11) is -0.911. The number of aromatic nitrogens is 1. The van der Waals surface area contributed by atoms with Crippen LogP contribution < -0.4 is 15.2 Å². The largest absolute Gasteiger partial charge is 0.497 e. The molecular weight excluding hydrogens is 542 g/mol. The number of methoxy groups -OCH3 is 1. The second kappa shape index (κ2) is 11.0. The van der Waals surface area contributed by atoms with Crippen molar-refractivity contribution in [3.63, 3.8) is 0 Å². The van der Waals surface area contributed by atoms with Crippen molar-refractivity contribution in [3.05, 3.63) is 95.2 Å². The SMILES string of the molecule is COc1cc(C(=O)NS(=O)(=O)c2ccccc2C)cc(C(N)(C(=O)OC2CCCC2)c2cn(C)c3ccccc23)c1. The molecule has 1 aromatic heterocycles. The number of nitrogens with two attached hydrogens (primary N) is 1. The monoisotopic (exact) mass is 575 g/mol. The lowest BCUT2D eigenvalue weighted by Crippen LogP contribution is -2.48. The van der Waals surface area contributed by atoms with Crippen molar-refractivity contribution in [1.82, 2.24) is 9.29 Å². The molecular formula is C31H33N3O6S. The van der Waals surface area contributed by atoms with E-state index in [2.05, 4.69) is 4.72 Å². The van der Waals surface area contributed by atoms with Crippen LogP contribution >= 0.6 is 0 Å². The smallest absolute Gasteiger partial charge is 0.335 e. The standard InChI is InChI=1S/C31H33N3O6S/c1-20-10-4-9-15-28(20)41(37,38)33-29(35)21-16-22(18-24(17-21)39-3)31(32,30(36)40-23-11-5-6-12-23)26-19-34(2)27-14-8-7-13-25(26)27/h4,7-10,13-19,23H,5-6,11-12,32H2,1-3H3,(H,33,35). The molecule has 0 bridgehead atoms. The predicted molar refractivity (Wildman–Crippen MR) is 155 cm³/mol. The lowest BCUT2D eigenvalue weighted by molar-refractivity contribution is -0.154. The third kappa shape index (κ3) is 5.32. The number of hydrogen-bond donors (Lipinski definition) is 2. The van der Waals surface area contributed by atoms with Gasteiger partial charge in [0.2, 0.25) is 0 Å². The molecule has 1 aliphatic carbocycles. The summed E-state index contributed by atoms with van der Waals surface area (Å²) in [5, 5.41) is 0.747. The average Bonchev–Trinajstić information content (AvgIpc) is 3.60. The highest BCUT2D eigenvalue weighted by Crippen LogP contribution is 2.38. The van der Waals surface area contributed by atoms with Crippen molar-refractivity contribution in [2.45, 2.75) is 49.1 Å². The molecule has 0 radical (unpaired) electrons. The van der Waals surface area contributed by atoms with Gasteiger partial charge in [-0.2, -0.15) is 0 Å². The summed E-state index contributed by atoms with van der Waals surface area (Å²) in [6.45, 7) is 1.64. The number of para-hydroxylation sites is 1. The average molecular weight is 576 g/mol. The maximum absolute atomic E-state index is 14.0. The maximum atomic E-state index is 14.0. The number of aryl methyl sites for hydroxylation is 2. The van der Waals surface area contributed by atoms with E-state index < -0.39 is 27.4 Å². The van der Waals surface area contributed by atoms with E-state index in [0.29, 0.717) is 11.1 Å². The van der Waals surface area contributed by atoms with E-state index in [9.17, 15) is 18.0 Å². The summed E-state index contributed by atoms with van der Waals surface area (Å²) >= 11 is 0. The molecule has 1 heterocycles. The molecule has 5 rings (SSSR count). The molecule has 1 saturated carbocycles. The van der Waals surface area contributed by atoms with E-state index in [1.807, 2.05) is 35.9 Å². The molecule has 1 amide bonds. The summed E-state index contributed by atoms with van der Waals surface area (Å²) in [6, 6.07) is 18.3. The van der Waals surface area contributed by atoms with Crippen LogP contribution in [0.3, 0.4) is 0 Å². The molecule has 41 heavy (non-hydrogen) atoms. The van der Waals surface area contributed by atoms with Gasteiger partial charge in [-0.3, -0.25) is 4.79 Å². The number of carbonyl (C=O) groups is 2. The first-order valence-corrected chi connectivity index (χ1v) is 14.9. The van der Waals surface area contributed by atoms with Crippen molar-refractivity contribution < 1.29 is 27.5 Å². The number of benzene rings is 3. The fourth-order valence-electron chi connectivity index (χ4n) is 5.46. The summed E-state index contributed by atoms with van der Waals surface area (Å²) in [5.41, 5.74) is 7.28. The Labute approximate surface area is 239 Å². The highest BCUT2D eigenvalue weighted by molar-refractivity contribution is 7.90. The second-order valence-corrected chi connectivity index (χ2v) is 12.1. The second-order valence-electron chi connectivity index (χ2n) is 10.4. The zero-order valence-electron chi connectivity index (χ0n) is 23.2. The number of rotatable bonds is 8. The molecule has 0 spiro atoms. The first-order chi connectivity index (χ1) is 19.5. The molecule has 3 N–H and O–H groups in total. The van der Waals surface area contributed by atoms with Gasteiger partial charge in [0, 0.05) is 35.3 Å². The molecule has 1 fully saturated rings. The van der Waals surface area contributed by atoms with Crippen LogP contribution in [0.5, 0.6) is 5.75 Å². The van der Waals surface area contributed by atoms with Crippen molar-refractivity contribution in [2.24, 2.45) is 12.8 Å². The Balaban J connectivity index is 1.63. The summed E-state index contributed by atoms with van der Waals surface area (Å²) in [6.07, 6.45) is 4.95. The number of sulfonamides is 1. The third-order valence-corrected chi connectivity index (χ3v) is 9.18. The minimum absolute atomic E-state index is 0.0134. The number of nitrogens with zero attached hydrogens (tertiary/aromatic N) is 1. The van der Waals surface area contributed by atoms with E-state index in [0.717, 1.165) is 36.6 Å². The minimum Gasteiger partial charge on any atom is -0.497 e.